The van der Waals surface area contributed by atoms with Crippen molar-refractivity contribution in [3.8, 4) is 0 Å². The standard InChI is InChI=1S/C25H20FN3O5/c1-16-2-10-20(11-3-16)28-23(30)14-22(25(28)32)27(15-17-4-8-19(26)9-5-17)24(31)18-6-12-21(13-7-18)29(33)34/h2-13,22H,14-15H2,1H3. The Hall–Kier alpha value is -4.40. The van der Waals surface area contributed by atoms with Crippen LogP contribution in [0.4, 0.5) is 15.8 Å². The molecule has 0 radical (unpaired) electrons. The molecule has 0 aromatic heterocycles. The fourth-order valence-corrected chi connectivity index (χ4v) is 3.83. The molecule has 3 aromatic carbocycles. The number of anilines is 1. The monoisotopic (exact) mass is 461 g/mol. The van der Waals surface area contributed by atoms with Gasteiger partial charge in [0.15, 0.2) is 0 Å². The number of imide groups is 1. The van der Waals surface area contributed by atoms with Gasteiger partial charge in [-0.15, -0.1) is 0 Å². The number of benzene rings is 3. The van der Waals surface area contributed by atoms with Crippen LogP contribution in [0.25, 0.3) is 0 Å². The van der Waals surface area contributed by atoms with Crippen LogP contribution in [0.5, 0.6) is 0 Å². The van der Waals surface area contributed by atoms with Crippen molar-refractivity contribution in [3.63, 3.8) is 0 Å². The molecule has 1 fully saturated rings. The quantitative estimate of drug-likeness (QED) is 0.314. The van der Waals surface area contributed by atoms with E-state index in [-0.39, 0.29) is 24.2 Å². The Kier molecular flexibility index (Phi) is 6.18. The molecule has 1 atom stereocenters. The van der Waals surface area contributed by atoms with Crippen LogP contribution in [0.1, 0.15) is 27.9 Å². The molecule has 9 heteroatoms. The molecule has 3 aromatic rings. The van der Waals surface area contributed by atoms with Gasteiger partial charge >= 0.3 is 0 Å². The van der Waals surface area contributed by atoms with Crippen LogP contribution in [0.3, 0.4) is 0 Å². The number of nitro groups is 1. The largest absolute Gasteiger partial charge is 0.322 e. The maximum Gasteiger partial charge on any atom is 0.269 e. The number of aryl methyl sites for hydroxylation is 1. The van der Waals surface area contributed by atoms with Crippen molar-refractivity contribution in [1.29, 1.82) is 0 Å². The highest BCUT2D eigenvalue weighted by Crippen LogP contribution is 2.28. The predicted molar refractivity (Wildman–Crippen MR) is 121 cm³/mol. The third-order valence-electron chi connectivity index (χ3n) is 5.64. The normalized spacial score (nSPS) is 15.5. The van der Waals surface area contributed by atoms with Crippen molar-refractivity contribution in [2.45, 2.75) is 25.9 Å². The number of halogens is 1. The van der Waals surface area contributed by atoms with Gasteiger partial charge in [-0.2, -0.15) is 0 Å². The van der Waals surface area contributed by atoms with Gasteiger partial charge in [-0.25, -0.2) is 9.29 Å². The fourth-order valence-electron chi connectivity index (χ4n) is 3.83. The lowest BCUT2D eigenvalue weighted by atomic mass is 10.1. The molecule has 1 aliphatic rings. The van der Waals surface area contributed by atoms with E-state index in [1.165, 1.54) is 53.4 Å². The first kappa shape index (κ1) is 22.8. The average molecular weight is 461 g/mol. The Morgan fingerprint density at radius 2 is 1.65 bits per heavy atom. The number of hydrogen-bond donors (Lipinski definition) is 0. The van der Waals surface area contributed by atoms with Gasteiger partial charge in [0.05, 0.1) is 17.0 Å². The van der Waals surface area contributed by atoms with Crippen LogP contribution >= 0.6 is 0 Å². The van der Waals surface area contributed by atoms with E-state index in [0.29, 0.717) is 11.3 Å². The van der Waals surface area contributed by atoms with Crippen LogP contribution in [0.2, 0.25) is 0 Å². The maximum atomic E-state index is 13.4. The number of non-ortho nitro benzene ring substituents is 1. The summed E-state index contributed by atoms with van der Waals surface area (Å²) in [5, 5.41) is 11.0. The minimum absolute atomic E-state index is 0.0540. The zero-order valence-electron chi connectivity index (χ0n) is 18.2. The van der Waals surface area contributed by atoms with Crippen LogP contribution in [-0.4, -0.2) is 33.6 Å². The smallest absolute Gasteiger partial charge is 0.269 e. The number of carbonyl (C=O) groups excluding carboxylic acids is 3. The first-order valence-corrected chi connectivity index (χ1v) is 10.5. The lowest BCUT2D eigenvalue weighted by Crippen LogP contribution is -2.45. The third-order valence-corrected chi connectivity index (χ3v) is 5.64. The lowest BCUT2D eigenvalue weighted by molar-refractivity contribution is -0.384. The van der Waals surface area contributed by atoms with Gasteiger partial charge in [-0.3, -0.25) is 24.5 Å². The Morgan fingerprint density at radius 3 is 2.24 bits per heavy atom. The highest BCUT2D eigenvalue weighted by molar-refractivity contribution is 6.23. The van der Waals surface area contributed by atoms with Crippen molar-refractivity contribution in [3.05, 3.63) is 105 Å². The summed E-state index contributed by atoms with van der Waals surface area (Å²) in [6.07, 6.45) is -0.216. The predicted octanol–water partition coefficient (Wildman–Crippen LogP) is 4.02. The van der Waals surface area contributed by atoms with Gasteiger partial charge in [-0.1, -0.05) is 29.8 Å². The molecule has 1 heterocycles. The van der Waals surface area contributed by atoms with E-state index < -0.39 is 34.5 Å². The summed E-state index contributed by atoms with van der Waals surface area (Å²) < 4.78 is 13.4. The van der Waals surface area contributed by atoms with Crippen molar-refractivity contribution >= 4 is 29.1 Å². The Morgan fingerprint density at radius 1 is 1.03 bits per heavy atom. The van der Waals surface area contributed by atoms with Crippen molar-refractivity contribution in [2.75, 3.05) is 4.90 Å². The molecule has 172 valence electrons. The molecule has 3 amide bonds. The molecule has 4 rings (SSSR count). The minimum atomic E-state index is -1.08. The molecule has 0 N–H and O–H groups in total. The highest BCUT2D eigenvalue weighted by atomic mass is 19.1. The maximum absolute atomic E-state index is 13.4. The minimum Gasteiger partial charge on any atom is -0.322 e. The molecular weight excluding hydrogens is 441 g/mol. The summed E-state index contributed by atoms with van der Waals surface area (Å²) in [4.78, 5) is 52.2. The summed E-state index contributed by atoms with van der Waals surface area (Å²) in [6.45, 7) is 1.83. The molecule has 1 unspecified atom stereocenters. The van der Waals surface area contributed by atoms with E-state index in [0.717, 1.165) is 10.5 Å². The Labute approximate surface area is 194 Å². The molecule has 0 bridgehead atoms. The number of amides is 3. The SMILES string of the molecule is Cc1ccc(N2C(=O)CC(N(Cc3ccc(F)cc3)C(=O)c3ccc([N+](=O)[O-])cc3)C2=O)cc1. The molecule has 0 spiro atoms. The van der Waals surface area contributed by atoms with Gasteiger partial charge < -0.3 is 4.90 Å². The van der Waals surface area contributed by atoms with Gasteiger partial charge in [0, 0.05) is 24.2 Å². The number of nitrogens with zero attached hydrogens (tertiary/aromatic N) is 3. The number of nitro benzene ring substituents is 1. The Bertz CT molecular complexity index is 1260. The van der Waals surface area contributed by atoms with Crippen LogP contribution < -0.4 is 4.90 Å². The van der Waals surface area contributed by atoms with E-state index >= 15 is 0 Å². The van der Waals surface area contributed by atoms with E-state index in [4.69, 9.17) is 0 Å². The average Bonchev–Trinajstić information content (AvgIpc) is 3.12. The fraction of sp³-hybridized carbons (Fsp3) is 0.160. The second-order valence-electron chi connectivity index (χ2n) is 7.99. The first-order chi connectivity index (χ1) is 16.2. The van der Waals surface area contributed by atoms with Crippen molar-refractivity contribution < 1.29 is 23.7 Å². The second kappa shape index (κ2) is 9.22. The van der Waals surface area contributed by atoms with Crippen LogP contribution in [0.15, 0.2) is 72.8 Å². The van der Waals surface area contributed by atoms with Gasteiger partial charge in [0.2, 0.25) is 5.91 Å². The van der Waals surface area contributed by atoms with Crippen LogP contribution in [0, 0.1) is 22.9 Å². The molecule has 0 aliphatic carbocycles. The molecule has 0 saturated carbocycles. The van der Waals surface area contributed by atoms with Crippen molar-refractivity contribution in [2.24, 2.45) is 0 Å². The van der Waals surface area contributed by atoms with E-state index in [1.807, 2.05) is 6.92 Å². The zero-order valence-corrected chi connectivity index (χ0v) is 18.2. The number of hydrogen-bond acceptors (Lipinski definition) is 5. The van der Waals surface area contributed by atoms with Gasteiger partial charge in [0.1, 0.15) is 11.9 Å². The zero-order chi connectivity index (χ0) is 24.4. The van der Waals surface area contributed by atoms with E-state index in [9.17, 15) is 28.9 Å². The lowest BCUT2D eigenvalue weighted by Gasteiger charge is -2.28. The number of carbonyl (C=O) groups is 3. The van der Waals surface area contributed by atoms with E-state index in [1.54, 1.807) is 24.3 Å². The molecule has 34 heavy (non-hydrogen) atoms. The summed E-state index contributed by atoms with van der Waals surface area (Å²) in [6, 6.07) is 16.3. The van der Waals surface area contributed by atoms with Crippen LogP contribution in [-0.2, 0) is 16.1 Å². The third kappa shape index (κ3) is 4.54. The van der Waals surface area contributed by atoms with Crippen molar-refractivity contribution in [1.82, 2.24) is 4.90 Å². The first-order valence-electron chi connectivity index (χ1n) is 10.5. The summed E-state index contributed by atoms with van der Waals surface area (Å²) >= 11 is 0. The van der Waals surface area contributed by atoms with Gasteiger partial charge in [-0.05, 0) is 48.9 Å². The topological polar surface area (TPSA) is 101 Å². The summed E-state index contributed by atoms with van der Waals surface area (Å²) in [5.41, 5.74) is 1.88. The molecule has 1 aliphatic heterocycles. The number of rotatable bonds is 6. The molecule has 8 nitrogen and oxygen atoms in total. The van der Waals surface area contributed by atoms with Gasteiger partial charge in [0.25, 0.3) is 17.5 Å². The van der Waals surface area contributed by atoms with E-state index in [2.05, 4.69) is 0 Å². The molecule has 1 saturated heterocycles. The highest BCUT2D eigenvalue weighted by Gasteiger charge is 2.44. The summed E-state index contributed by atoms with van der Waals surface area (Å²) in [7, 11) is 0. The molecular formula is C25H20FN3O5. The summed E-state index contributed by atoms with van der Waals surface area (Å²) in [5.74, 6) is -2.02. The Balaban J connectivity index is 1.68. The second-order valence-corrected chi connectivity index (χ2v) is 7.99.